The number of carbonyl (C=O) groups is 2. The second kappa shape index (κ2) is 7.88. The Bertz CT molecular complexity index is 859. The fraction of sp³-hybridized carbons (Fsp3) is 0.222. The van der Waals surface area contributed by atoms with Gasteiger partial charge in [0.15, 0.2) is 0 Å². The van der Waals surface area contributed by atoms with Gasteiger partial charge in [-0.05, 0) is 30.3 Å². The second-order valence-electron chi connectivity index (χ2n) is 5.55. The van der Waals surface area contributed by atoms with E-state index in [-0.39, 0.29) is 18.2 Å². The van der Waals surface area contributed by atoms with Crippen LogP contribution in [0, 0.1) is 0 Å². The first-order valence-corrected chi connectivity index (χ1v) is 9.05. The van der Waals surface area contributed by atoms with Gasteiger partial charge in [-0.2, -0.15) is 0 Å². The molecule has 1 atom stereocenters. The molecule has 8 heteroatoms. The molecule has 0 aliphatic carbocycles. The fourth-order valence-corrected chi connectivity index (χ4v) is 3.79. The third kappa shape index (κ3) is 4.05. The Hall–Kier alpha value is -2.38. The summed E-state index contributed by atoms with van der Waals surface area (Å²) in [7, 11) is 3.06. The number of fused-ring (bicyclic) bond motifs is 1. The molecule has 0 fully saturated rings. The molecule has 2 amide bonds. The maximum absolute atomic E-state index is 12.4. The van der Waals surface area contributed by atoms with Gasteiger partial charge in [0.2, 0.25) is 11.8 Å². The highest BCUT2D eigenvalue weighted by molar-refractivity contribution is 8.01. The Balaban J connectivity index is 1.69. The molecule has 6 nitrogen and oxygen atoms in total. The molecule has 0 bridgehead atoms. The lowest BCUT2D eigenvalue weighted by Gasteiger charge is -2.24. The number of carbonyl (C=O) groups excluding carboxylic acids is 2. The van der Waals surface area contributed by atoms with Crippen LogP contribution in [0.25, 0.3) is 0 Å². The molecule has 1 heterocycles. The van der Waals surface area contributed by atoms with Crippen molar-refractivity contribution in [3.63, 3.8) is 0 Å². The smallest absolute Gasteiger partial charge is 0.238 e. The summed E-state index contributed by atoms with van der Waals surface area (Å²) in [6, 6.07) is 10.4. The average molecular weight is 393 g/mol. The number of nitrogens with one attached hydrogen (secondary N) is 2. The van der Waals surface area contributed by atoms with E-state index in [1.165, 1.54) is 18.9 Å². The number of hydrogen-bond donors (Lipinski definition) is 2. The van der Waals surface area contributed by atoms with E-state index in [1.54, 1.807) is 37.4 Å². The molecule has 0 saturated carbocycles. The van der Waals surface area contributed by atoms with Gasteiger partial charge in [0, 0.05) is 22.4 Å². The van der Waals surface area contributed by atoms with Gasteiger partial charge >= 0.3 is 0 Å². The van der Waals surface area contributed by atoms with Crippen molar-refractivity contribution >= 4 is 46.6 Å². The summed E-state index contributed by atoms with van der Waals surface area (Å²) in [6.45, 7) is 0. The average Bonchev–Trinajstić information content (AvgIpc) is 2.62. The van der Waals surface area contributed by atoms with Crippen molar-refractivity contribution in [3.8, 4) is 11.5 Å². The minimum Gasteiger partial charge on any atom is -0.497 e. The number of ether oxygens (including phenoxy) is 2. The monoisotopic (exact) mass is 392 g/mol. The van der Waals surface area contributed by atoms with Crippen LogP contribution in [0.1, 0.15) is 6.42 Å². The summed E-state index contributed by atoms with van der Waals surface area (Å²) in [5.74, 6) is 0.607. The molecule has 2 N–H and O–H groups in total. The van der Waals surface area contributed by atoms with E-state index in [0.29, 0.717) is 27.9 Å². The van der Waals surface area contributed by atoms with E-state index in [1.807, 2.05) is 6.07 Å². The van der Waals surface area contributed by atoms with Gasteiger partial charge in [0.25, 0.3) is 0 Å². The lowest BCUT2D eigenvalue weighted by molar-refractivity contribution is -0.120. The van der Waals surface area contributed by atoms with Crippen molar-refractivity contribution in [3.05, 3.63) is 41.4 Å². The molecule has 0 radical (unpaired) electrons. The Morgan fingerprint density at radius 1 is 1.23 bits per heavy atom. The quantitative estimate of drug-likeness (QED) is 0.809. The van der Waals surface area contributed by atoms with Crippen LogP contribution in [0.5, 0.6) is 11.5 Å². The molecule has 0 aromatic heterocycles. The van der Waals surface area contributed by atoms with Crippen LogP contribution in [0.3, 0.4) is 0 Å². The molecule has 0 spiro atoms. The number of halogens is 1. The van der Waals surface area contributed by atoms with E-state index in [2.05, 4.69) is 10.6 Å². The topological polar surface area (TPSA) is 76.7 Å². The lowest BCUT2D eigenvalue weighted by Crippen LogP contribution is -2.32. The SMILES string of the molecule is COc1ccc(NC(=O)CC2Sc3ccc(Cl)cc3NC2=O)c(OC)c1. The highest BCUT2D eigenvalue weighted by Crippen LogP contribution is 2.38. The first-order chi connectivity index (χ1) is 12.5. The molecule has 2 aromatic rings. The van der Waals surface area contributed by atoms with E-state index >= 15 is 0 Å². The van der Waals surface area contributed by atoms with Crippen LogP contribution in [0.4, 0.5) is 11.4 Å². The van der Waals surface area contributed by atoms with E-state index in [9.17, 15) is 9.59 Å². The van der Waals surface area contributed by atoms with E-state index in [0.717, 1.165) is 4.90 Å². The standard InChI is InChI=1S/C18H17ClN2O4S/c1-24-11-4-5-12(14(8-11)25-2)20-17(22)9-16-18(23)21-13-7-10(19)3-6-15(13)26-16/h3-8,16H,9H2,1-2H3,(H,20,22)(H,21,23). The van der Waals surface area contributed by atoms with Gasteiger partial charge < -0.3 is 20.1 Å². The predicted molar refractivity (Wildman–Crippen MR) is 103 cm³/mol. The first kappa shape index (κ1) is 18.4. The van der Waals surface area contributed by atoms with Crippen LogP contribution in [-0.4, -0.2) is 31.3 Å². The van der Waals surface area contributed by atoms with Gasteiger partial charge in [0.1, 0.15) is 11.5 Å². The number of amides is 2. The van der Waals surface area contributed by atoms with Crippen molar-refractivity contribution < 1.29 is 19.1 Å². The number of hydrogen-bond acceptors (Lipinski definition) is 5. The summed E-state index contributed by atoms with van der Waals surface area (Å²) in [5, 5.41) is 5.60. The zero-order valence-corrected chi connectivity index (χ0v) is 15.7. The Kier molecular flexibility index (Phi) is 5.58. The van der Waals surface area contributed by atoms with E-state index < -0.39 is 5.25 Å². The Morgan fingerprint density at radius 2 is 2.04 bits per heavy atom. The highest BCUT2D eigenvalue weighted by Gasteiger charge is 2.29. The minimum atomic E-state index is -0.520. The zero-order chi connectivity index (χ0) is 18.7. The maximum atomic E-state index is 12.4. The minimum absolute atomic E-state index is 0.0355. The van der Waals surface area contributed by atoms with Gasteiger partial charge in [-0.25, -0.2) is 0 Å². The summed E-state index contributed by atoms with van der Waals surface area (Å²) < 4.78 is 10.4. The zero-order valence-electron chi connectivity index (χ0n) is 14.2. The van der Waals surface area contributed by atoms with Crippen LogP contribution in [-0.2, 0) is 9.59 Å². The van der Waals surface area contributed by atoms with Gasteiger partial charge in [0.05, 0.1) is 30.8 Å². The third-order valence-corrected chi connectivity index (χ3v) is 5.32. The Morgan fingerprint density at radius 3 is 2.77 bits per heavy atom. The number of methoxy groups -OCH3 is 2. The second-order valence-corrected chi connectivity index (χ2v) is 7.24. The summed E-state index contributed by atoms with van der Waals surface area (Å²) in [5.41, 5.74) is 1.19. The van der Waals surface area contributed by atoms with Crippen LogP contribution in [0.15, 0.2) is 41.3 Å². The molecule has 3 rings (SSSR count). The fourth-order valence-electron chi connectivity index (χ4n) is 2.53. The molecule has 2 aromatic carbocycles. The molecule has 1 aliphatic heterocycles. The molecular formula is C18H17ClN2O4S. The summed E-state index contributed by atoms with van der Waals surface area (Å²) in [6.07, 6.45) is 0.0355. The largest absolute Gasteiger partial charge is 0.497 e. The lowest BCUT2D eigenvalue weighted by atomic mass is 10.2. The van der Waals surface area contributed by atoms with E-state index in [4.69, 9.17) is 21.1 Å². The molecule has 26 heavy (non-hydrogen) atoms. The molecule has 1 unspecified atom stereocenters. The number of thioether (sulfide) groups is 1. The predicted octanol–water partition coefficient (Wildman–Crippen LogP) is 3.80. The van der Waals surface area contributed by atoms with Crippen LogP contribution < -0.4 is 20.1 Å². The van der Waals surface area contributed by atoms with Crippen molar-refractivity contribution in [2.75, 3.05) is 24.9 Å². The normalized spacial score (nSPS) is 15.7. The summed E-state index contributed by atoms with van der Waals surface area (Å²) >= 11 is 7.29. The van der Waals surface area contributed by atoms with Crippen molar-refractivity contribution in [1.29, 1.82) is 0 Å². The number of anilines is 2. The van der Waals surface area contributed by atoms with Crippen LogP contribution in [0.2, 0.25) is 5.02 Å². The Labute approximate surface area is 160 Å². The third-order valence-electron chi connectivity index (χ3n) is 3.81. The number of rotatable bonds is 5. The maximum Gasteiger partial charge on any atom is 0.238 e. The molecule has 1 aliphatic rings. The molecular weight excluding hydrogens is 376 g/mol. The van der Waals surface area contributed by atoms with Crippen LogP contribution >= 0.6 is 23.4 Å². The van der Waals surface area contributed by atoms with Crippen molar-refractivity contribution in [2.45, 2.75) is 16.6 Å². The van der Waals surface area contributed by atoms with Crippen molar-refractivity contribution in [2.24, 2.45) is 0 Å². The molecule has 0 saturated heterocycles. The first-order valence-electron chi connectivity index (χ1n) is 7.79. The summed E-state index contributed by atoms with van der Waals surface area (Å²) in [4.78, 5) is 25.6. The van der Waals surface area contributed by atoms with Gasteiger partial charge in [-0.15, -0.1) is 11.8 Å². The van der Waals surface area contributed by atoms with Crippen molar-refractivity contribution in [1.82, 2.24) is 0 Å². The molecule has 136 valence electrons. The highest BCUT2D eigenvalue weighted by atomic mass is 35.5. The van der Waals surface area contributed by atoms with Gasteiger partial charge in [-0.3, -0.25) is 9.59 Å². The van der Waals surface area contributed by atoms with Gasteiger partial charge in [-0.1, -0.05) is 11.6 Å². The number of benzene rings is 2.